The zero-order chi connectivity index (χ0) is 20.1. The molecule has 0 saturated heterocycles. The van der Waals surface area contributed by atoms with Gasteiger partial charge in [-0.1, -0.05) is 53.7 Å². The monoisotopic (exact) mass is 365 g/mol. The minimum absolute atomic E-state index is 0.00820. The van der Waals surface area contributed by atoms with Crippen LogP contribution in [0.15, 0.2) is 24.3 Å². The van der Waals surface area contributed by atoms with Crippen molar-refractivity contribution in [3.8, 4) is 11.4 Å². The smallest absolute Gasteiger partial charge is 0.150 e. The highest BCUT2D eigenvalue weighted by molar-refractivity contribution is 5.75. The summed E-state index contributed by atoms with van der Waals surface area (Å²) in [5, 5.41) is 9.55. The first-order chi connectivity index (χ1) is 12.4. The van der Waals surface area contributed by atoms with Crippen molar-refractivity contribution < 1.29 is 4.74 Å². The molecule has 2 aromatic carbocycles. The highest BCUT2D eigenvalue weighted by Crippen LogP contribution is 2.42. The molecule has 144 valence electrons. The molecule has 3 aromatic rings. The van der Waals surface area contributed by atoms with Crippen LogP contribution >= 0.6 is 0 Å². The van der Waals surface area contributed by atoms with E-state index in [1.165, 1.54) is 16.7 Å². The fourth-order valence-corrected chi connectivity index (χ4v) is 3.65. The maximum atomic E-state index is 5.92. The zero-order valence-electron chi connectivity index (χ0n) is 18.1. The fourth-order valence-electron chi connectivity index (χ4n) is 3.65. The Morgan fingerprint density at radius 3 is 1.96 bits per heavy atom. The van der Waals surface area contributed by atoms with E-state index in [9.17, 15) is 0 Å². The lowest BCUT2D eigenvalue weighted by atomic mass is 9.77. The number of benzene rings is 2. The van der Waals surface area contributed by atoms with Gasteiger partial charge in [-0.15, -0.1) is 15.0 Å². The molecule has 0 fully saturated rings. The lowest BCUT2D eigenvalue weighted by Gasteiger charge is -2.30. The summed E-state index contributed by atoms with van der Waals surface area (Å²) in [6.45, 7) is 17.6. The van der Waals surface area contributed by atoms with Crippen molar-refractivity contribution in [3.05, 3.63) is 46.5 Å². The Hall–Kier alpha value is -2.36. The Morgan fingerprint density at radius 1 is 0.815 bits per heavy atom. The van der Waals surface area contributed by atoms with Crippen LogP contribution < -0.4 is 4.74 Å². The van der Waals surface area contributed by atoms with Crippen molar-refractivity contribution in [2.45, 2.75) is 66.2 Å². The number of aromatic nitrogens is 3. The summed E-state index contributed by atoms with van der Waals surface area (Å²) < 4.78 is 5.92. The molecule has 1 aromatic heterocycles. The van der Waals surface area contributed by atoms with Gasteiger partial charge in [0, 0.05) is 5.56 Å². The van der Waals surface area contributed by atoms with E-state index < -0.39 is 0 Å². The third-order valence-electron chi connectivity index (χ3n) is 5.06. The Kier molecular flexibility index (Phi) is 4.57. The van der Waals surface area contributed by atoms with Crippen molar-refractivity contribution in [1.29, 1.82) is 0 Å². The highest BCUT2D eigenvalue weighted by atomic mass is 16.5. The molecule has 0 bridgehead atoms. The van der Waals surface area contributed by atoms with E-state index in [4.69, 9.17) is 14.9 Å². The maximum Gasteiger partial charge on any atom is 0.150 e. The van der Waals surface area contributed by atoms with Gasteiger partial charge in [-0.3, -0.25) is 0 Å². The summed E-state index contributed by atoms with van der Waals surface area (Å²) >= 11 is 0. The molecule has 0 spiro atoms. The predicted octanol–water partition coefficient (Wildman–Crippen LogP) is 5.64. The van der Waals surface area contributed by atoms with Crippen LogP contribution in [0.25, 0.3) is 16.7 Å². The van der Waals surface area contributed by atoms with Gasteiger partial charge in [0.1, 0.15) is 22.5 Å². The second-order valence-electron chi connectivity index (χ2n) is 9.46. The van der Waals surface area contributed by atoms with Gasteiger partial charge in [0.25, 0.3) is 0 Å². The van der Waals surface area contributed by atoms with Gasteiger partial charge >= 0.3 is 0 Å². The SMILES string of the molecule is COc1c(C(C)(C)C)cc(C(C)(C)C)c(C)c1-n1nc2ccc(C)cc2n1. The number of fused-ring (bicyclic) bond motifs is 1. The summed E-state index contributed by atoms with van der Waals surface area (Å²) in [6, 6.07) is 8.45. The molecule has 4 nitrogen and oxygen atoms in total. The standard InChI is InChI=1S/C23H31N3O/c1-14-10-11-18-19(12-14)25-26(24-18)20-15(2)16(22(3,4)5)13-17(21(20)27-9)23(6,7)8/h10-13H,1-9H3. The molecule has 0 saturated carbocycles. The lowest BCUT2D eigenvalue weighted by Crippen LogP contribution is -2.21. The molecular formula is C23H31N3O. The predicted molar refractivity (Wildman–Crippen MR) is 112 cm³/mol. The third kappa shape index (κ3) is 3.45. The second kappa shape index (κ2) is 6.36. The molecule has 0 amide bonds. The van der Waals surface area contributed by atoms with Crippen LogP contribution in [0.1, 0.15) is 63.8 Å². The van der Waals surface area contributed by atoms with E-state index in [0.29, 0.717) is 0 Å². The quantitative estimate of drug-likeness (QED) is 0.590. The van der Waals surface area contributed by atoms with Gasteiger partial charge in [0.15, 0.2) is 0 Å². The minimum atomic E-state index is -0.0586. The summed E-state index contributed by atoms with van der Waals surface area (Å²) in [5.41, 5.74) is 7.47. The number of rotatable bonds is 2. The van der Waals surface area contributed by atoms with Crippen molar-refractivity contribution >= 4 is 11.0 Å². The molecule has 0 radical (unpaired) electrons. The number of nitrogens with zero attached hydrogens (tertiary/aromatic N) is 3. The van der Waals surface area contributed by atoms with E-state index in [0.717, 1.165) is 28.0 Å². The topological polar surface area (TPSA) is 39.9 Å². The molecule has 0 aliphatic heterocycles. The average molecular weight is 366 g/mol. The second-order valence-corrected chi connectivity index (χ2v) is 9.46. The summed E-state index contributed by atoms with van der Waals surface area (Å²) in [7, 11) is 1.73. The molecule has 0 aliphatic rings. The Bertz CT molecular complexity index is 1000. The van der Waals surface area contributed by atoms with Crippen molar-refractivity contribution in [2.24, 2.45) is 0 Å². The lowest BCUT2D eigenvalue weighted by molar-refractivity contribution is 0.391. The molecule has 4 heteroatoms. The first-order valence-electron chi connectivity index (χ1n) is 9.50. The van der Waals surface area contributed by atoms with Gasteiger partial charge in [0.05, 0.1) is 7.11 Å². The first-order valence-corrected chi connectivity index (χ1v) is 9.50. The van der Waals surface area contributed by atoms with Crippen LogP contribution in [0.5, 0.6) is 5.75 Å². The Labute approximate surface area is 162 Å². The van der Waals surface area contributed by atoms with Gasteiger partial charge in [-0.2, -0.15) is 0 Å². The number of aryl methyl sites for hydroxylation is 1. The van der Waals surface area contributed by atoms with Crippen molar-refractivity contribution in [2.75, 3.05) is 7.11 Å². The molecule has 0 atom stereocenters. The molecular weight excluding hydrogens is 334 g/mol. The molecule has 0 N–H and O–H groups in total. The average Bonchev–Trinajstić information content (AvgIpc) is 2.94. The summed E-state index contributed by atoms with van der Waals surface area (Å²) in [4.78, 5) is 1.75. The number of ether oxygens (including phenoxy) is 1. The zero-order valence-corrected chi connectivity index (χ0v) is 18.1. The van der Waals surface area contributed by atoms with Crippen LogP contribution in [0.2, 0.25) is 0 Å². The molecule has 0 unspecified atom stereocenters. The summed E-state index contributed by atoms with van der Waals surface area (Å²) in [5.74, 6) is 0.852. The fraction of sp³-hybridized carbons (Fsp3) is 0.478. The van der Waals surface area contributed by atoms with Gasteiger partial charge in [0.2, 0.25) is 0 Å². The third-order valence-corrected chi connectivity index (χ3v) is 5.06. The van der Waals surface area contributed by atoms with Crippen LogP contribution in [0.4, 0.5) is 0 Å². The van der Waals surface area contributed by atoms with E-state index in [2.05, 4.69) is 73.6 Å². The van der Waals surface area contributed by atoms with Crippen LogP contribution in [-0.4, -0.2) is 22.1 Å². The molecule has 1 heterocycles. The van der Waals surface area contributed by atoms with Gasteiger partial charge in [-0.25, -0.2) is 0 Å². The largest absolute Gasteiger partial charge is 0.494 e. The molecule has 3 rings (SSSR count). The summed E-state index contributed by atoms with van der Waals surface area (Å²) in [6.07, 6.45) is 0. The minimum Gasteiger partial charge on any atom is -0.494 e. The Balaban J connectivity index is 2.41. The molecule has 27 heavy (non-hydrogen) atoms. The Morgan fingerprint density at radius 2 is 1.41 bits per heavy atom. The van der Waals surface area contributed by atoms with Gasteiger partial charge in [-0.05, 0) is 53.5 Å². The maximum absolute atomic E-state index is 5.92. The normalized spacial score (nSPS) is 12.6. The number of methoxy groups -OCH3 is 1. The van der Waals surface area contributed by atoms with E-state index in [1.807, 2.05) is 6.07 Å². The van der Waals surface area contributed by atoms with E-state index >= 15 is 0 Å². The van der Waals surface area contributed by atoms with E-state index in [-0.39, 0.29) is 10.8 Å². The van der Waals surface area contributed by atoms with Crippen molar-refractivity contribution in [3.63, 3.8) is 0 Å². The number of hydrogen-bond donors (Lipinski definition) is 0. The first kappa shape index (κ1) is 19.4. The molecule has 0 aliphatic carbocycles. The van der Waals surface area contributed by atoms with Crippen LogP contribution in [0.3, 0.4) is 0 Å². The highest BCUT2D eigenvalue weighted by Gasteiger charge is 2.29. The number of hydrogen-bond acceptors (Lipinski definition) is 3. The van der Waals surface area contributed by atoms with Gasteiger partial charge < -0.3 is 4.74 Å². The van der Waals surface area contributed by atoms with Crippen LogP contribution in [0, 0.1) is 13.8 Å². The van der Waals surface area contributed by atoms with E-state index in [1.54, 1.807) is 11.9 Å². The van der Waals surface area contributed by atoms with Crippen molar-refractivity contribution in [1.82, 2.24) is 15.0 Å². The van der Waals surface area contributed by atoms with Crippen LogP contribution in [-0.2, 0) is 10.8 Å².